The van der Waals surface area contributed by atoms with Crippen LogP contribution in [0.15, 0.2) is 0 Å². The summed E-state index contributed by atoms with van der Waals surface area (Å²) < 4.78 is 0. The molecule has 0 aliphatic rings. The van der Waals surface area contributed by atoms with Crippen molar-refractivity contribution in [2.45, 2.75) is 51.2 Å². The van der Waals surface area contributed by atoms with E-state index in [1.807, 2.05) is 6.92 Å². The lowest BCUT2D eigenvalue weighted by Crippen LogP contribution is -2.52. The maximum absolute atomic E-state index is 9.76. The Hall–Kier alpha value is -0.120. The summed E-state index contributed by atoms with van der Waals surface area (Å²) in [7, 11) is 0. The van der Waals surface area contributed by atoms with Crippen molar-refractivity contribution in [3.63, 3.8) is 0 Å². The maximum Gasteiger partial charge on any atom is 0.113 e. The maximum atomic E-state index is 9.76. The highest BCUT2D eigenvalue weighted by Crippen LogP contribution is 2.26. The first-order valence-electron chi connectivity index (χ1n) is 4.43. The van der Waals surface area contributed by atoms with Gasteiger partial charge in [-0.3, -0.25) is 0 Å². The van der Waals surface area contributed by atoms with E-state index < -0.39 is 17.8 Å². The van der Waals surface area contributed by atoms with E-state index in [2.05, 4.69) is 0 Å². The Bertz CT molecular complexity index is 130. The first kappa shape index (κ1) is 11.9. The number of aliphatic hydroxyl groups is 3. The minimum Gasteiger partial charge on any atom is -0.393 e. The molecule has 0 saturated carbocycles. The van der Waals surface area contributed by atoms with Crippen molar-refractivity contribution in [2.75, 3.05) is 6.61 Å². The van der Waals surface area contributed by atoms with Crippen molar-refractivity contribution in [1.29, 1.82) is 0 Å². The third kappa shape index (κ3) is 2.73. The van der Waals surface area contributed by atoms with Gasteiger partial charge in [-0.15, -0.1) is 0 Å². The van der Waals surface area contributed by atoms with E-state index in [-0.39, 0.29) is 0 Å². The second-order valence-electron chi connectivity index (χ2n) is 3.81. The minimum atomic E-state index is -1.40. The lowest BCUT2D eigenvalue weighted by Gasteiger charge is -2.37. The molecule has 0 radical (unpaired) electrons. The molecule has 3 N–H and O–H groups in total. The van der Waals surface area contributed by atoms with Gasteiger partial charge in [-0.25, -0.2) is 0 Å². The zero-order valence-corrected chi connectivity index (χ0v) is 8.17. The van der Waals surface area contributed by atoms with Crippen LogP contribution in [0.25, 0.3) is 0 Å². The van der Waals surface area contributed by atoms with Gasteiger partial charge in [0.15, 0.2) is 0 Å². The van der Waals surface area contributed by atoms with Gasteiger partial charge in [-0.05, 0) is 20.3 Å². The summed E-state index contributed by atoms with van der Waals surface area (Å²) in [5.74, 6) is 0. The van der Waals surface area contributed by atoms with Crippen LogP contribution in [0.3, 0.4) is 0 Å². The standard InChI is InChI=1S/C9H20O3/c1-4-5-6-8(2,11)9(3,12)7-10/h10-12H,4-7H2,1-3H3. The summed E-state index contributed by atoms with van der Waals surface area (Å²) in [5.41, 5.74) is -2.60. The fraction of sp³-hybridized carbons (Fsp3) is 1.00. The molecular formula is C9H20O3. The van der Waals surface area contributed by atoms with Crippen molar-refractivity contribution < 1.29 is 15.3 Å². The van der Waals surface area contributed by atoms with Gasteiger partial charge in [0.05, 0.1) is 12.2 Å². The van der Waals surface area contributed by atoms with Crippen LogP contribution >= 0.6 is 0 Å². The Kier molecular flexibility index (Phi) is 4.17. The van der Waals surface area contributed by atoms with Crippen LogP contribution in [-0.4, -0.2) is 33.1 Å². The molecule has 0 amide bonds. The number of hydrogen-bond donors (Lipinski definition) is 3. The summed E-state index contributed by atoms with van der Waals surface area (Å²) >= 11 is 0. The summed E-state index contributed by atoms with van der Waals surface area (Å²) in [6.07, 6.45) is 2.33. The third-order valence-corrected chi connectivity index (χ3v) is 2.49. The van der Waals surface area contributed by atoms with Crippen LogP contribution in [0.4, 0.5) is 0 Å². The van der Waals surface area contributed by atoms with Gasteiger partial charge in [0.25, 0.3) is 0 Å². The van der Waals surface area contributed by atoms with Crippen LogP contribution < -0.4 is 0 Å². The highest BCUT2D eigenvalue weighted by atomic mass is 16.4. The van der Waals surface area contributed by atoms with Crippen LogP contribution in [0.1, 0.15) is 40.0 Å². The van der Waals surface area contributed by atoms with Gasteiger partial charge in [0.1, 0.15) is 5.60 Å². The van der Waals surface area contributed by atoms with Gasteiger partial charge >= 0.3 is 0 Å². The van der Waals surface area contributed by atoms with E-state index in [1.165, 1.54) is 6.92 Å². The number of unbranched alkanes of at least 4 members (excludes halogenated alkanes) is 1. The van der Waals surface area contributed by atoms with E-state index in [0.717, 1.165) is 12.8 Å². The molecule has 3 heteroatoms. The topological polar surface area (TPSA) is 60.7 Å². The Morgan fingerprint density at radius 1 is 1.08 bits per heavy atom. The molecule has 0 saturated heterocycles. The number of aliphatic hydroxyl groups excluding tert-OH is 1. The second-order valence-corrected chi connectivity index (χ2v) is 3.81. The van der Waals surface area contributed by atoms with E-state index in [9.17, 15) is 10.2 Å². The predicted molar refractivity (Wildman–Crippen MR) is 47.9 cm³/mol. The largest absolute Gasteiger partial charge is 0.393 e. The summed E-state index contributed by atoms with van der Waals surface area (Å²) in [6.45, 7) is 4.61. The Morgan fingerprint density at radius 2 is 1.58 bits per heavy atom. The van der Waals surface area contributed by atoms with Crippen molar-refractivity contribution in [2.24, 2.45) is 0 Å². The smallest absolute Gasteiger partial charge is 0.113 e. The average molecular weight is 176 g/mol. The van der Waals surface area contributed by atoms with Gasteiger partial charge in [0, 0.05) is 0 Å². The van der Waals surface area contributed by atoms with Gasteiger partial charge in [0.2, 0.25) is 0 Å². The molecule has 0 fully saturated rings. The molecule has 0 aromatic heterocycles. The van der Waals surface area contributed by atoms with E-state index in [4.69, 9.17) is 5.11 Å². The highest BCUT2D eigenvalue weighted by Gasteiger charge is 2.40. The molecule has 74 valence electrons. The molecule has 2 atom stereocenters. The highest BCUT2D eigenvalue weighted by molar-refractivity contribution is 4.92. The molecule has 0 spiro atoms. The SMILES string of the molecule is CCCCC(C)(O)C(C)(O)CO. The second kappa shape index (κ2) is 4.21. The van der Waals surface area contributed by atoms with Crippen molar-refractivity contribution in [3.8, 4) is 0 Å². The zero-order chi connectivity index (χ0) is 9.83. The molecular weight excluding hydrogens is 156 g/mol. The lowest BCUT2D eigenvalue weighted by atomic mass is 9.82. The number of rotatable bonds is 5. The molecule has 12 heavy (non-hydrogen) atoms. The monoisotopic (exact) mass is 176 g/mol. The first-order valence-corrected chi connectivity index (χ1v) is 4.43. The fourth-order valence-electron chi connectivity index (χ4n) is 0.961. The lowest BCUT2D eigenvalue weighted by molar-refractivity contribution is -0.156. The molecule has 0 aliphatic carbocycles. The third-order valence-electron chi connectivity index (χ3n) is 2.49. The molecule has 2 unspecified atom stereocenters. The summed E-state index contributed by atoms with van der Waals surface area (Å²) in [5, 5.41) is 28.2. The first-order chi connectivity index (χ1) is 5.37. The number of hydrogen-bond acceptors (Lipinski definition) is 3. The van der Waals surface area contributed by atoms with E-state index >= 15 is 0 Å². The minimum absolute atomic E-state index is 0.413. The van der Waals surface area contributed by atoms with Crippen molar-refractivity contribution in [1.82, 2.24) is 0 Å². The van der Waals surface area contributed by atoms with Gasteiger partial charge in [-0.1, -0.05) is 19.8 Å². The van der Waals surface area contributed by atoms with Crippen molar-refractivity contribution in [3.05, 3.63) is 0 Å². The van der Waals surface area contributed by atoms with Crippen LogP contribution in [0.5, 0.6) is 0 Å². The van der Waals surface area contributed by atoms with Crippen molar-refractivity contribution >= 4 is 0 Å². The molecule has 0 rings (SSSR count). The van der Waals surface area contributed by atoms with Crippen LogP contribution in [-0.2, 0) is 0 Å². The molecule has 3 nitrogen and oxygen atoms in total. The van der Waals surface area contributed by atoms with E-state index in [1.54, 1.807) is 6.92 Å². The van der Waals surface area contributed by atoms with Gasteiger partial charge in [-0.2, -0.15) is 0 Å². The molecule has 0 bridgehead atoms. The fourth-order valence-corrected chi connectivity index (χ4v) is 0.961. The Balaban J connectivity index is 4.17. The summed E-state index contributed by atoms with van der Waals surface area (Å²) in [6, 6.07) is 0. The van der Waals surface area contributed by atoms with Crippen LogP contribution in [0, 0.1) is 0 Å². The quantitative estimate of drug-likeness (QED) is 0.577. The summed E-state index contributed by atoms with van der Waals surface area (Å²) in [4.78, 5) is 0. The average Bonchev–Trinajstić information content (AvgIpc) is 2.00. The zero-order valence-electron chi connectivity index (χ0n) is 8.17. The molecule has 0 aromatic carbocycles. The Labute approximate surface area is 74.0 Å². The van der Waals surface area contributed by atoms with Gasteiger partial charge < -0.3 is 15.3 Å². The normalized spacial score (nSPS) is 21.5. The molecule has 0 heterocycles. The Morgan fingerprint density at radius 3 is 1.92 bits per heavy atom. The molecule has 0 aromatic rings. The predicted octanol–water partition coefficient (Wildman–Crippen LogP) is 0.671. The van der Waals surface area contributed by atoms with Crippen LogP contribution in [0.2, 0.25) is 0 Å². The van der Waals surface area contributed by atoms with E-state index in [0.29, 0.717) is 6.42 Å². The molecule has 0 aliphatic heterocycles.